The average Bonchev–Trinajstić information content (AvgIpc) is 2.14. The van der Waals surface area contributed by atoms with E-state index in [9.17, 15) is 13.2 Å². The van der Waals surface area contributed by atoms with Crippen LogP contribution in [0.2, 0.25) is 0 Å². The second-order valence-corrected chi connectivity index (χ2v) is 4.37. The Bertz CT molecular complexity index is 307. The minimum Gasteiger partial charge on any atom is -0.160 e. The second-order valence-electron chi connectivity index (χ2n) is 3.26. The van der Waals surface area contributed by atoms with Gasteiger partial charge in [-0.15, -0.1) is 0 Å². The minimum atomic E-state index is -4.19. The molecule has 0 N–H and O–H groups in total. The number of benzene rings is 1. The molecule has 1 aromatic rings. The van der Waals surface area contributed by atoms with Crippen molar-refractivity contribution in [2.75, 3.05) is 0 Å². The fourth-order valence-electron chi connectivity index (χ4n) is 1.30. The molecule has 0 radical (unpaired) electrons. The van der Waals surface area contributed by atoms with Crippen molar-refractivity contribution in [1.29, 1.82) is 0 Å². The van der Waals surface area contributed by atoms with Crippen molar-refractivity contribution in [2.24, 2.45) is 0 Å². The van der Waals surface area contributed by atoms with Gasteiger partial charge in [-0.25, -0.2) is 0 Å². The molecule has 4 heteroatoms. The monoisotopic (exact) mass is 234 g/mol. The molecule has 1 rings (SSSR count). The van der Waals surface area contributed by atoms with E-state index in [1.54, 1.807) is 18.2 Å². The Hall–Kier alpha value is -0.640. The molecule has 0 aliphatic carbocycles. The standard InChI is InChI=1S/C11H13F3S/c1-2-3-6-9-7-4-5-8-10(9)15-11(12,13)14/h4-5,7-8H,2-3,6H2,1H3. The van der Waals surface area contributed by atoms with Gasteiger partial charge in [0.1, 0.15) is 0 Å². The van der Waals surface area contributed by atoms with Crippen LogP contribution in [0.3, 0.4) is 0 Å². The van der Waals surface area contributed by atoms with Crippen LogP contribution < -0.4 is 0 Å². The summed E-state index contributed by atoms with van der Waals surface area (Å²) in [7, 11) is 0. The molecule has 0 bridgehead atoms. The molecule has 0 amide bonds. The first-order chi connectivity index (χ1) is 7.03. The summed E-state index contributed by atoms with van der Waals surface area (Å²) in [5, 5.41) is 0. The highest BCUT2D eigenvalue weighted by molar-refractivity contribution is 8.00. The van der Waals surface area contributed by atoms with Crippen molar-refractivity contribution in [2.45, 2.75) is 36.6 Å². The van der Waals surface area contributed by atoms with Crippen LogP contribution in [0.1, 0.15) is 25.3 Å². The zero-order valence-corrected chi connectivity index (χ0v) is 9.29. The summed E-state index contributed by atoms with van der Waals surface area (Å²) in [6, 6.07) is 6.72. The van der Waals surface area contributed by atoms with Gasteiger partial charge in [0.15, 0.2) is 0 Å². The Balaban J connectivity index is 2.77. The van der Waals surface area contributed by atoms with Crippen LogP contribution in [-0.4, -0.2) is 5.51 Å². The van der Waals surface area contributed by atoms with Crippen molar-refractivity contribution >= 4 is 11.8 Å². The first kappa shape index (κ1) is 12.4. The average molecular weight is 234 g/mol. The highest BCUT2D eigenvalue weighted by atomic mass is 32.2. The summed E-state index contributed by atoms with van der Waals surface area (Å²) in [5.41, 5.74) is -3.40. The molecule has 0 atom stereocenters. The van der Waals surface area contributed by atoms with Gasteiger partial charge in [-0.3, -0.25) is 0 Å². The molecular weight excluding hydrogens is 221 g/mol. The van der Waals surface area contributed by atoms with Crippen molar-refractivity contribution in [3.63, 3.8) is 0 Å². The van der Waals surface area contributed by atoms with Gasteiger partial charge >= 0.3 is 5.51 Å². The van der Waals surface area contributed by atoms with Crippen molar-refractivity contribution in [3.05, 3.63) is 29.8 Å². The smallest absolute Gasteiger partial charge is 0.160 e. The van der Waals surface area contributed by atoms with Gasteiger partial charge in [-0.2, -0.15) is 13.2 Å². The van der Waals surface area contributed by atoms with Gasteiger partial charge in [0.25, 0.3) is 0 Å². The predicted octanol–water partition coefficient (Wildman–Crippen LogP) is 4.64. The summed E-state index contributed by atoms with van der Waals surface area (Å²) in [6.07, 6.45) is 2.64. The summed E-state index contributed by atoms with van der Waals surface area (Å²) >= 11 is -0.0222. The molecule has 84 valence electrons. The van der Waals surface area contributed by atoms with E-state index in [0.29, 0.717) is 4.90 Å². The van der Waals surface area contributed by atoms with E-state index in [0.717, 1.165) is 24.8 Å². The number of aryl methyl sites for hydroxylation is 1. The van der Waals surface area contributed by atoms with Gasteiger partial charge in [-0.05, 0) is 36.2 Å². The Morgan fingerprint density at radius 3 is 2.47 bits per heavy atom. The summed E-state index contributed by atoms with van der Waals surface area (Å²) in [4.78, 5) is 0.332. The first-order valence-electron chi connectivity index (χ1n) is 4.86. The number of unbranched alkanes of at least 4 members (excludes halogenated alkanes) is 1. The van der Waals surface area contributed by atoms with Gasteiger partial charge in [0.05, 0.1) is 0 Å². The SMILES string of the molecule is CCCCc1ccccc1SC(F)(F)F. The highest BCUT2D eigenvalue weighted by Crippen LogP contribution is 2.38. The lowest BCUT2D eigenvalue weighted by Gasteiger charge is -2.10. The molecule has 1 aromatic carbocycles. The molecule has 0 saturated carbocycles. The normalized spacial score (nSPS) is 11.7. The lowest BCUT2D eigenvalue weighted by molar-refractivity contribution is -0.0328. The predicted molar refractivity (Wildman–Crippen MR) is 57.0 cm³/mol. The third-order valence-electron chi connectivity index (χ3n) is 2.00. The summed E-state index contributed by atoms with van der Waals surface area (Å²) in [6.45, 7) is 2.03. The number of thioether (sulfide) groups is 1. The zero-order chi connectivity index (χ0) is 11.3. The van der Waals surface area contributed by atoms with Gasteiger partial charge < -0.3 is 0 Å². The third kappa shape index (κ3) is 4.60. The maximum atomic E-state index is 12.2. The van der Waals surface area contributed by atoms with E-state index in [-0.39, 0.29) is 11.8 Å². The van der Waals surface area contributed by atoms with E-state index in [4.69, 9.17) is 0 Å². The van der Waals surface area contributed by atoms with Crippen LogP contribution in [-0.2, 0) is 6.42 Å². The second kappa shape index (κ2) is 5.45. The fourth-order valence-corrected chi connectivity index (χ4v) is 2.00. The van der Waals surface area contributed by atoms with Crippen molar-refractivity contribution < 1.29 is 13.2 Å². The summed E-state index contributed by atoms with van der Waals surface area (Å²) in [5.74, 6) is 0. The highest BCUT2D eigenvalue weighted by Gasteiger charge is 2.29. The van der Waals surface area contributed by atoms with Gasteiger partial charge in [0.2, 0.25) is 0 Å². The Labute approximate surface area is 91.9 Å². The van der Waals surface area contributed by atoms with Crippen LogP contribution in [0.15, 0.2) is 29.2 Å². The molecule has 0 unspecified atom stereocenters. The van der Waals surface area contributed by atoms with E-state index >= 15 is 0 Å². The summed E-state index contributed by atoms with van der Waals surface area (Å²) < 4.78 is 36.6. The van der Waals surface area contributed by atoms with Crippen LogP contribution in [0, 0.1) is 0 Å². The van der Waals surface area contributed by atoms with Crippen LogP contribution in [0.5, 0.6) is 0 Å². The van der Waals surface area contributed by atoms with Crippen molar-refractivity contribution in [1.82, 2.24) is 0 Å². The largest absolute Gasteiger partial charge is 0.446 e. The van der Waals surface area contributed by atoms with Crippen LogP contribution in [0.4, 0.5) is 13.2 Å². The van der Waals surface area contributed by atoms with E-state index < -0.39 is 5.51 Å². The lowest BCUT2D eigenvalue weighted by atomic mass is 10.1. The maximum absolute atomic E-state index is 12.2. The van der Waals surface area contributed by atoms with E-state index in [1.807, 2.05) is 6.92 Å². The fraction of sp³-hybridized carbons (Fsp3) is 0.455. The molecular formula is C11H13F3S. The molecule has 15 heavy (non-hydrogen) atoms. The Morgan fingerprint density at radius 1 is 1.20 bits per heavy atom. The minimum absolute atomic E-state index is 0.0222. The van der Waals surface area contributed by atoms with E-state index in [2.05, 4.69) is 0 Å². The number of hydrogen-bond acceptors (Lipinski definition) is 1. The topological polar surface area (TPSA) is 0 Å². The molecule has 0 nitrogen and oxygen atoms in total. The molecule has 0 aromatic heterocycles. The molecule has 0 saturated heterocycles. The first-order valence-corrected chi connectivity index (χ1v) is 5.68. The van der Waals surface area contributed by atoms with Crippen LogP contribution in [0.25, 0.3) is 0 Å². The quantitative estimate of drug-likeness (QED) is 0.684. The Morgan fingerprint density at radius 2 is 1.87 bits per heavy atom. The van der Waals surface area contributed by atoms with Gasteiger partial charge in [-0.1, -0.05) is 31.5 Å². The molecule has 0 spiro atoms. The molecule has 0 aliphatic heterocycles. The number of alkyl halides is 3. The van der Waals surface area contributed by atoms with Crippen LogP contribution >= 0.6 is 11.8 Å². The zero-order valence-electron chi connectivity index (χ0n) is 8.47. The molecule has 0 heterocycles. The van der Waals surface area contributed by atoms with Crippen molar-refractivity contribution in [3.8, 4) is 0 Å². The number of hydrogen-bond donors (Lipinski definition) is 0. The molecule has 0 aliphatic rings. The lowest BCUT2D eigenvalue weighted by Crippen LogP contribution is -2.01. The Kier molecular flexibility index (Phi) is 4.51. The van der Waals surface area contributed by atoms with E-state index in [1.165, 1.54) is 6.07 Å². The maximum Gasteiger partial charge on any atom is 0.446 e. The molecule has 0 fully saturated rings. The van der Waals surface area contributed by atoms with Gasteiger partial charge in [0, 0.05) is 4.90 Å². The third-order valence-corrected chi connectivity index (χ3v) is 2.85. The number of halogens is 3. The number of rotatable bonds is 4.